The van der Waals surface area contributed by atoms with E-state index in [4.69, 9.17) is 5.73 Å². The molecular weight excluding hydrogens is 2910 g/mol. The van der Waals surface area contributed by atoms with E-state index >= 15 is 0 Å². The van der Waals surface area contributed by atoms with Crippen molar-refractivity contribution in [2.45, 2.75) is 6.92 Å². The van der Waals surface area contributed by atoms with Gasteiger partial charge in [0.15, 0.2) is 0 Å². The number of halogens is 9. The number of aryl methyl sites for hydroxylation is 1. The highest BCUT2D eigenvalue weighted by Gasteiger charge is 2.19. The highest BCUT2D eigenvalue weighted by atomic mass is 127. The summed E-state index contributed by atoms with van der Waals surface area (Å²) in [5.74, 6) is -12.0. The molecule has 60 heteroatoms. The molecule has 133 heavy (non-hydrogen) atoms. The Morgan fingerprint density at radius 2 is 0.594 bits per heavy atom. The molecule has 0 heterocycles. The number of phenolic OH excluding ortho intramolecular Hbond substituents is 2. The first-order chi connectivity index (χ1) is 61.1. The van der Waals surface area contributed by atoms with Gasteiger partial charge in [0.25, 0.3) is 0 Å². The highest BCUT2D eigenvalue weighted by molar-refractivity contribution is 14.1. The lowest BCUT2D eigenvalue weighted by molar-refractivity contribution is 0.0514. The Kier molecular flexibility index (Phi) is 57.7. The highest BCUT2D eigenvalue weighted by Crippen LogP contribution is 2.24. The van der Waals surface area contributed by atoms with Crippen molar-refractivity contribution in [3.63, 3.8) is 0 Å². The molecule has 734 valence electrons. The number of nitrogen functional groups attached to an aromatic ring is 1. The number of aromatic hydroxyl groups is 2. The summed E-state index contributed by atoms with van der Waals surface area (Å²) >= 11 is 19.3. The van der Waals surface area contributed by atoms with Crippen molar-refractivity contribution in [3.05, 3.63) is 247 Å². The first-order valence-corrected chi connectivity index (χ1v) is 57.0. The van der Waals surface area contributed by atoms with Gasteiger partial charge in [0, 0.05) is 38.7 Å². The van der Waals surface area contributed by atoms with Gasteiger partial charge in [-0.15, -0.1) is 0 Å². The molecule has 0 radical (unpaired) electrons. The van der Waals surface area contributed by atoms with E-state index in [2.05, 4.69) is 99.0 Å². The Bertz CT molecular complexity index is 6230. The van der Waals surface area contributed by atoms with Crippen LogP contribution in [-0.4, -0.2) is 261 Å². The van der Waals surface area contributed by atoms with Crippen molar-refractivity contribution in [3.8, 4) is 11.5 Å². The van der Waals surface area contributed by atoms with E-state index in [1.807, 2.05) is 142 Å². The van der Waals surface area contributed by atoms with Gasteiger partial charge in [-0.2, -0.15) is 0 Å². The van der Waals surface area contributed by atoms with Gasteiger partial charge in [0.05, 0.1) is 160 Å². The molecule has 0 saturated heterocycles. The largest absolute Gasteiger partial charge is 0.748 e. The average Bonchev–Trinajstić information content (AvgIpc) is 0.873. The molecule has 0 aliphatic heterocycles. The third kappa shape index (κ3) is 62.3. The second-order valence-corrected chi connectivity index (χ2v) is 47.2. The van der Waals surface area contributed by atoms with Gasteiger partial charge in [-0.25, -0.2) is 106 Å². The zero-order chi connectivity index (χ0) is 102. The van der Waals surface area contributed by atoms with Crippen molar-refractivity contribution >= 4 is 331 Å². The van der Waals surface area contributed by atoms with Gasteiger partial charge in [0.1, 0.15) is 75.5 Å². The molecule has 0 spiro atoms. The van der Waals surface area contributed by atoms with Crippen LogP contribution in [0.2, 0.25) is 0 Å². The molecule has 0 aliphatic carbocycles. The number of phenols is 2. The van der Waals surface area contributed by atoms with Crippen molar-refractivity contribution in [2.75, 3.05) is 105 Å². The first kappa shape index (κ1) is 126. The van der Waals surface area contributed by atoms with Gasteiger partial charge in [-0.05, 0) is 339 Å². The van der Waals surface area contributed by atoms with Gasteiger partial charge in [-0.3, -0.25) is 0 Å². The maximum Gasteiger partial charge on any atom is 0.341 e. The predicted octanol–water partition coefficient (Wildman–Crippen LogP) is 8.01. The number of benzene rings is 8. The van der Waals surface area contributed by atoms with E-state index in [9.17, 15) is 152 Å². The predicted molar refractivity (Wildman–Crippen MR) is 532 cm³/mol. The van der Waals surface area contributed by atoms with E-state index in [1.165, 1.54) is 36.4 Å². The molecule has 4 N–H and O–H groups in total. The summed E-state index contributed by atoms with van der Waals surface area (Å²) in [6.07, 6.45) is 0. The fourth-order valence-corrected chi connectivity index (χ4v) is 15.0. The Morgan fingerprint density at radius 1 is 0.278 bits per heavy atom. The zero-order valence-corrected chi connectivity index (χ0v) is 92.2. The van der Waals surface area contributed by atoms with Crippen LogP contribution in [0.4, 0.5) is 5.69 Å². The monoisotopic (exact) mass is 2980 g/mol. The van der Waals surface area contributed by atoms with Crippen LogP contribution in [0.25, 0.3) is 0 Å². The molecule has 0 saturated carbocycles. The summed E-state index contributed by atoms with van der Waals surface area (Å²) in [5, 5.41) is 18.8. The molecular formula is C73H66BrI8NO42S8-8. The van der Waals surface area contributed by atoms with Crippen molar-refractivity contribution < 1.29 is 190 Å². The van der Waals surface area contributed by atoms with Crippen LogP contribution in [-0.2, 0) is 119 Å². The Balaban J connectivity index is 0.000000760. The Labute approximate surface area is 879 Å². The molecule has 8 aromatic rings. The number of hydrogen-bond acceptors (Lipinski definition) is 43. The summed E-state index contributed by atoms with van der Waals surface area (Å²) in [6.45, 7) is -1.79. The molecule has 0 fully saturated rings. The fourth-order valence-electron chi connectivity index (χ4n) is 7.82. The summed E-state index contributed by atoms with van der Waals surface area (Å²) in [4.78, 5) is 91.3. The van der Waals surface area contributed by atoms with Gasteiger partial charge < -0.3 is 90.3 Å². The average molecular weight is 2980 g/mol. The lowest BCUT2D eigenvalue weighted by atomic mass is 10.1. The lowest BCUT2D eigenvalue weighted by Crippen LogP contribution is -2.15. The van der Waals surface area contributed by atoms with E-state index in [-0.39, 0.29) is 28.2 Å². The number of carbonyl (C=O) groups excluding carboxylic acids is 8. The topological polar surface area (TPSA) is 734 Å². The molecule has 8 aromatic carbocycles. The second-order valence-electron chi connectivity index (χ2n) is 24.4. The minimum atomic E-state index is -4.41. The molecule has 0 aliphatic rings. The zero-order valence-electron chi connectivity index (χ0n) is 66.9. The van der Waals surface area contributed by atoms with Crippen LogP contribution in [0, 0.1) is 35.5 Å². The maximum absolute atomic E-state index is 11.5. The molecule has 43 nitrogen and oxygen atoms in total. The minimum Gasteiger partial charge on any atom is -0.748 e. The van der Waals surface area contributed by atoms with Gasteiger partial charge in [-0.1, -0.05) is 34.1 Å². The van der Waals surface area contributed by atoms with Crippen molar-refractivity contribution in [1.82, 2.24) is 0 Å². The molecule has 0 aromatic heterocycles. The summed E-state index contributed by atoms with van der Waals surface area (Å²) in [7, 11) is -34.9. The van der Waals surface area contributed by atoms with Crippen LogP contribution in [0.3, 0.4) is 0 Å². The summed E-state index contributed by atoms with van der Waals surface area (Å²) in [5.41, 5.74) is 8.78. The number of carbonyl (C=O) groups is 8. The number of nitrogens with two attached hydrogens (primary N) is 1. The number of esters is 8. The number of anilines is 1. The van der Waals surface area contributed by atoms with E-state index < -0.39 is 228 Å². The molecule has 0 amide bonds. The quantitative estimate of drug-likeness (QED) is 0.0118. The lowest BCUT2D eigenvalue weighted by Gasteiger charge is -2.08. The van der Waals surface area contributed by atoms with Crippen LogP contribution < -0.4 is 5.73 Å². The van der Waals surface area contributed by atoms with Crippen LogP contribution in [0.1, 0.15) is 88.4 Å². The number of ether oxygens (including phenoxy) is 8. The molecule has 8 rings (SSSR count). The SMILES string of the molecule is Cc1cc(C(=O)OCCS(=O)(=O)[O-])ccc1I.Nc1ccc(C(=O)OCCS(=O)(=O)[O-])cc1I.O=C(OCCS(=O)(=O)[O-])c1cc(Br)cc(I)c1.O=C(OCCS(=O)(=O)[O-])c1cc(I)ccc1O.O=C(OCCS(=O)(=O)[O-])c1ccc(I)cc1.O=C(OCCS(=O)(=O)[O-])c1ccc(I)cc1O.O=C(OCCS(=O)(=O)[O-])c1cccc(I)c1.O=C(OCCS(=O)(=O)[O-])c1ccccc1I. The minimum absolute atomic E-state index is 0.0693. The van der Waals surface area contributed by atoms with Crippen LogP contribution in [0.5, 0.6) is 11.5 Å². The summed E-state index contributed by atoms with van der Waals surface area (Å²) < 4.78 is 291. The smallest absolute Gasteiger partial charge is 0.341 e. The van der Waals surface area contributed by atoms with E-state index in [0.717, 1.165) is 23.4 Å². The number of rotatable bonds is 32. The summed E-state index contributed by atoms with van der Waals surface area (Å²) in [6, 6.07) is 43.0. The maximum atomic E-state index is 11.5. The number of hydrogen-bond donors (Lipinski definition) is 3. The fraction of sp³-hybridized carbons (Fsp3) is 0.233. The van der Waals surface area contributed by atoms with E-state index in [1.54, 1.807) is 127 Å². The second kappa shape index (κ2) is 61.2. The third-order valence-electron chi connectivity index (χ3n) is 13.9. The van der Waals surface area contributed by atoms with Crippen molar-refractivity contribution in [1.29, 1.82) is 0 Å². The Morgan fingerprint density at radius 3 is 0.970 bits per heavy atom. The molecule has 0 bridgehead atoms. The van der Waals surface area contributed by atoms with Gasteiger partial charge >= 0.3 is 47.8 Å². The first-order valence-electron chi connectivity index (χ1n) is 35.0. The third-order valence-corrected chi connectivity index (χ3v) is 26.1. The normalized spacial score (nSPS) is 11.2. The van der Waals surface area contributed by atoms with Gasteiger partial charge in [0.2, 0.25) is 0 Å². The Hall–Kier alpha value is -5.48. The van der Waals surface area contributed by atoms with E-state index in [0.29, 0.717) is 48.7 Å². The standard InChI is InChI=1S/C10H11IO5S.C9H8BrIO5S.C9H10INO5S.2C9H9IO6S.3C9H9IO5S/c1-7-6-8(2-3-9(7)11)10(12)16-4-5-17(13,14)15;10-7-3-6(4-8(11)5-7)9(12)16-1-2-17(13,14)15;10-7-5-6(1-2-8(7)11)9(12)16-3-4-17(13,14)15;10-6-1-2-8(11)7(5-6)9(12)16-3-4-17(13,14)15;10-6-1-2-7(8(11)5-6)9(12)16-3-4-17(13,14)15;10-8-3-1-7(2-4-8)9(11)15-5-6-16(12,13)14;10-8-3-1-2-7(6-8)9(11)15-4-5-16(12,13)14;10-8-4-2-1-3-7(8)9(11)15-5-6-16(12,13)14/h2-3,6H,4-5H2,1H3,(H,13,14,15);3-5H,1-2H2,(H,13,14,15);1-2,5H,3-4,11H2,(H,13,14,15);2*1-2,5,11H,3-4H2,(H,13,14,15);1-4H,5-6H2,(H,12,13,14);1-3,6H,4-5H2,(H,12,13,14);1-4H,5-6H2,(H,12,13,14)/p-8. The van der Waals surface area contributed by atoms with Crippen LogP contribution >= 0.6 is 197 Å². The molecule has 0 atom stereocenters. The van der Waals surface area contributed by atoms with Crippen LogP contribution in [0.15, 0.2) is 168 Å². The molecule has 0 unspecified atom stereocenters. The van der Waals surface area contributed by atoms with Crippen molar-refractivity contribution in [2.24, 2.45) is 0 Å².